The Labute approximate surface area is 593 Å². The van der Waals surface area contributed by atoms with Gasteiger partial charge in [0.15, 0.2) is 0 Å². The number of aliphatic hydroxyl groups is 4. The van der Waals surface area contributed by atoms with Crippen molar-refractivity contribution in [2.24, 2.45) is 0 Å². The molecule has 0 aromatic heterocycles. The maximum Gasteiger partial charge on any atom is 0.0558 e. The first-order valence-corrected chi connectivity index (χ1v) is 43.9. The normalized spacial score (nSPS) is 11.9. The van der Waals surface area contributed by atoms with Crippen molar-refractivity contribution in [2.75, 3.05) is 105 Å². The summed E-state index contributed by atoms with van der Waals surface area (Å²) < 4.78 is 0. The van der Waals surface area contributed by atoms with Gasteiger partial charge in [-0.05, 0) is 90.9 Å². The average molecular weight is 1330 g/mol. The summed E-state index contributed by atoms with van der Waals surface area (Å²) in [4.78, 5) is 9.87. The Morgan fingerprint density at radius 2 is 0.213 bits per heavy atom. The molecule has 0 atom stereocenters. The van der Waals surface area contributed by atoms with Crippen LogP contribution in [-0.4, -0.2) is 145 Å². The maximum atomic E-state index is 9.36. The van der Waals surface area contributed by atoms with Crippen LogP contribution >= 0.6 is 0 Å². The molecule has 0 amide bonds. The minimum atomic E-state index is 0.183. The van der Waals surface area contributed by atoms with Crippen LogP contribution in [0.4, 0.5) is 0 Å². The van der Waals surface area contributed by atoms with E-state index >= 15 is 0 Å². The van der Waals surface area contributed by atoms with Crippen LogP contribution in [0.1, 0.15) is 451 Å². The molecule has 0 aliphatic carbocycles. The van der Waals surface area contributed by atoms with E-state index in [1.165, 1.54) is 437 Å². The monoisotopic (exact) mass is 1330 g/mol. The standard InChI is InChI=1S/2C43H90N2O2/c2*1-3-5-7-9-11-13-15-17-19-21-23-25-27-29-31-33-36-44(38-35-39-45(40-42-46)41-43-47)37-34-32-30-28-26-24-22-20-18-16-14-12-10-8-6-4-2/h2*46-47H,3-43H2,1-2H3. The number of aliphatic hydroxyl groups excluding tert-OH is 4. The van der Waals surface area contributed by atoms with Gasteiger partial charge in [-0.3, -0.25) is 9.80 Å². The van der Waals surface area contributed by atoms with E-state index in [4.69, 9.17) is 0 Å². The highest BCUT2D eigenvalue weighted by atomic mass is 16.3. The highest BCUT2D eigenvalue weighted by molar-refractivity contribution is 4.66. The predicted molar refractivity (Wildman–Crippen MR) is 422 cm³/mol. The fourth-order valence-corrected chi connectivity index (χ4v) is 14.5. The predicted octanol–water partition coefficient (Wildman–Crippen LogP) is 25.0. The molecule has 0 radical (unpaired) electrons. The molecule has 0 rings (SSSR count). The molecule has 568 valence electrons. The van der Waals surface area contributed by atoms with E-state index in [1.807, 2.05) is 0 Å². The zero-order chi connectivity index (χ0) is 68.3. The molecule has 0 heterocycles. The maximum absolute atomic E-state index is 9.36. The molecule has 0 aliphatic heterocycles. The van der Waals surface area contributed by atoms with Crippen molar-refractivity contribution in [3.05, 3.63) is 0 Å². The molecule has 94 heavy (non-hydrogen) atoms. The first-order valence-electron chi connectivity index (χ1n) is 43.9. The zero-order valence-electron chi connectivity index (χ0n) is 65.6. The second-order valence-corrected chi connectivity index (χ2v) is 30.2. The lowest BCUT2D eigenvalue weighted by Gasteiger charge is -2.25. The van der Waals surface area contributed by atoms with E-state index in [-0.39, 0.29) is 26.4 Å². The van der Waals surface area contributed by atoms with Gasteiger partial charge in [0, 0.05) is 26.2 Å². The van der Waals surface area contributed by atoms with Crippen molar-refractivity contribution >= 4 is 0 Å². The quantitative estimate of drug-likeness (QED) is 0.0448. The summed E-state index contributed by atoms with van der Waals surface area (Å²) in [6.07, 6.45) is 93.8. The second kappa shape index (κ2) is 88.8. The van der Waals surface area contributed by atoms with Crippen molar-refractivity contribution < 1.29 is 20.4 Å². The van der Waals surface area contributed by atoms with Crippen molar-refractivity contribution in [3.8, 4) is 0 Å². The Hall–Kier alpha value is -0.320. The van der Waals surface area contributed by atoms with Crippen LogP contribution in [-0.2, 0) is 0 Å². The summed E-state index contributed by atoms with van der Waals surface area (Å²) >= 11 is 0. The highest BCUT2D eigenvalue weighted by Gasteiger charge is 2.11. The van der Waals surface area contributed by atoms with Gasteiger partial charge in [0.25, 0.3) is 0 Å². The minimum Gasteiger partial charge on any atom is -0.395 e. The molecule has 0 aromatic rings. The third-order valence-electron chi connectivity index (χ3n) is 20.9. The Morgan fingerprint density at radius 3 is 0.330 bits per heavy atom. The Bertz CT molecular complexity index is 1100. The number of nitrogens with zero attached hydrogens (tertiary/aromatic N) is 4. The Balaban J connectivity index is 0. The second-order valence-electron chi connectivity index (χ2n) is 30.2. The van der Waals surface area contributed by atoms with E-state index in [2.05, 4.69) is 47.3 Å². The zero-order valence-corrected chi connectivity index (χ0v) is 65.6. The van der Waals surface area contributed by atoms with Crippen LogP contribution in [0.15, 0.2) is 0 Å². The lowest BCUT2D eigenvalue weighted by atomic mass is 10.0. The summed E-state index contributed by atoms with van der Waals surface area (Å²) in [6.45, 7) is 21.9. The van der Waals surface area contributed by atoms with Crippen LogP contribution in [0, 0.1) is 0 Å². The van der Waals surface area contributed by atoms with Crippen molar-refractivity contribution in [3.63, 3.8) is 0 Å². The Morgan fingerprint density at radius 1 is 0.117 bits per heavy atom. The summed E-state index contributed by atoms with van der Waals surface area (Å²) in [7, 11) is 0. The lowest BCUT2D eigenvalue weighted by molar-refractivity contribution is 0.152. The average Bonchev–Trinajstić information content (AvgIpc) is 3.79. The molecule has 0 unspecified atom stereocenters. The summed E-state index contributed by atoms with van der Waals surface area (Å²) in [6, 6.07) is 0. The molecule has 4 N–H and O–H groups in total. The smallest absolute Gasteiger partial charge is 0.0558 e. The van der Waals surface area contributed by atoms with Crippen LogP contribution in [0.2, 0.25) is 0 Å². The first kappa shape index (κ1) is 95.7. The van der Waals surface area contributed by atoms with Gasteiger partial charge in [-0.2, -0.15) is 0 Å². The third kappa shape index (κ3) is 82.3. The van der Waals surface area contributed by atoms with Gasteiger partial charge < -0.3 is 30.2 Å². The van der Waals surface area contributed by atoms with E-state index in [9.17, 15) is 20.4 Å². The molecule has 0 bridgehead atoms. The summed E-state index contributed by atoms with van der Waals surface area (Å²) in [5, 5.41) is 37.4. The molecule has 0 saturated heterocycles. The van der Waals surface area contributed by atoms with Gasteiger partial charge in [-0.1, -0.05) is 413 Å². The number of unbranched alkanes of at least 4 members (excludes halogenated alkanes) is 60. The largest absolute Gasteiger partial charge is 0.395 e. The molecular weight excluding hydrogens is 1150 g/mol. The van der Waals surface area contributed by atoms with Gasteiger partial charge in [-0.15, -0.1) is 0 Å². The lowest BCUT2D eigenvalue weighted by Crippen LogP contribution is -2.34. The van der Waals surface area contributed by atoms with Crippen molar-refractivity contribution in [1.82, 2.24) is 19.6 Å². The number of hydrogen-bond acceptors (Lipinski definition) is 8. The SMILES string of the molecule is CCCCCCCCCCCCCCCCCCN(CCCCCCCCCCCCCCCCCC)CCCN(CCO)CCO.CCCCCCCCCCCCCCCCCCN(CCCCCCCCCCCCCCCCCC)CCCN(CCO)CCO. The molecule has 0 aliphatic rings. The molecule has 0 fully saturated rings. The van der Waals surface area contributed by atoms with E-state index < -0.39 is 0 Å². The van der Waals surface area contributed by atoms with Gasteiger partial charge in [-0.25, -0.2) is 0 Å². The van der Waals surface area contributed by atoms with Gasteiger partial charge in [0.2, 0.25) is 0 Å². The van der Waals surface area contributed by atoms with E-state index in [0.29, 0.717) is 26.2 Å². The molecule has 0 spiro atoms. The van der Waals surface area contributed by atoms with Crippen LogP contribution in [0.5, 0.6) is 0 Å². The topological polar surface area (TPSA) is 93.9 Å². The number of rotatable bonds is 84. The molecule has 0 aromatic carbocycles. The summed E-state index contributed by atoms with van der Waals surface area (Å²) in [5.74, 6) is 0. The fraction of sp³-hybridized carbons (Fsp3) is 1.00. The molecule has 0 saturated carbocycles. The highest BCUT2D eigenvalue weighted by Crippen LogP contribution is 2.20. The van der Waals surface area contributed by atoms with Gasteiger partial charge in [0.1, 0.15) is 0 Å². The molecule has 8 nitrogen and oxygen atoms in total. The van der Waals surface area contributed by atoms with Crippen molar-refractivity contribution in [2.45, 2.75) is 451 Å². The van der Waals surface area contributed by atoms with Crippen LogP contribution in [0.25, 0.3) is 0 Å². The molecular formula is C86H180N4O4. The summed E-state index contributed by atoms with van der Waals surface area (Å²) in [5.41, 5.74) is 0. The fourth-order valence-electron chi connectivity index (χ4n) is 14.5. The van der Waals surface area contributed by atoms with Crippen LogP contribution < -0.4 is 0 Å². The van der Waals surface area contributed by atoms with Crippen LogP contribution in [0.3, 0.4) is 0 Å². The Kier molecular flexibility index (Phi) is 90.4. The third-order valence-corrected chi connectivity index (χ3v) is 20.9. The van der Waals surface area contributed by atoms with Gasteiger partial charge in [0.05, 0.1) is 26.4 Å². The minimum absolute atomic E-state index is 0.183. The molecule has 8 heteroatoms. The van der Waals surface area contributed by atoms with Crippen molar-refractivity contribution in [1.29, 1.82) is 0 Å². The number of hydrogen-bond donors (Lipinski definition) is 4. The first-order chi connectivity index (χ1) is 46.6. The van der Waals surface area contributed by atoms with E-state index in [0.717, 1.165) is 39.0 Å². The van der Waals surface area contributed by atoms with E-state index in [1.54, 1.807) is 0 Å². The van der Waals surface area contributed by atoms with Gasteiger partial charge >= 0.3 is 0 Å².